The molecule has 3 rings (SSSR count). The predicted molar refractivity (Wildman–Crippen MR) is 99.2 cm³/mol. The number of nitrogens with zero attached hydrogens (tertiary/aromatic N) is 1. The van der Waals surface area contributed by atoms with E-state index in [9.17, 15) is 9.59 Å². The van der Waals surface area contributed by atoms with Crippen molar-refractivity contribution < 1.29 is 14.3 Å². The van der Waals surface area contributed by atoms with Crippen LogP contribution >= 0.6 is 0 Å². The molecule has 136 valence electrons. The molecule has 2 amide bonds. The summed E-state index contributed by atoms with van der Waals surface area (Å²) < 4.78 is 5.45. The summed E-state index contributed by atoms with van der Waals surface area (Å²) in [5, 5.41) is 3.39. The number of cyclic esters (lactones) is 1. The van der Waals surface area contributed by atoms with Crippen molar-refractivity contribution in [3.05, 3.63) is 71.8 Å². The second kappa shape index (κ2) is 8.15. The second-order valence-electron chi connectivity index (χ2n) is 6.85. The van der Waals surface area contributed by atoms with E-state index in [-0.39, 0.29) is 24.4 Å². The standard InChI is InChI=1S/C21H24N2O3/c1-15(2)18(22-13-16-9-5-3-6-10-16)19-20(24)23(21(25)26-19)14-17-11-7-4-8-12-17/h3-12,15,18-19,22H,13-14H2,1-2H3/t18-,19-/m1/s1. The first-order valence-corrected chi connectivity index (χ1v) is 8.89. The molecule has 1 aliphatic rings. The molecule has 0 spiro atoms. The maximum Gasteiger partial charge on any atom is 0.417 e. The Balaban J connectivity index is 1.69. The minimum Gasteiger partial charge on any atom is -0.434 e. The number of rotatable bonds is 7. The second-order valence-corrected chi connectivity index (χ2v) is 6.85. The molecule has 5 heteroatoms. The highest BCUT2D eigenvalue weighted by Gasteiger charge is 2.45. The highest BCUT2D eigenvalue weighted by molar-refractivity contribution is 6.00. The van der Waals surface area contributed by atoms with E-state index in [0.717, 1.165) is 11.1 Å². The van der Waals surface area contributed by atoms with Crippen molar-refractivity contribution in [1.82, 2.24) is 10.2 Å². The normalized spacial score (nSPS) is 18.3. The summed E-state index contributed by atoms with van der Waals surface area (Å²) in [5.41, 5.74) is 2.02. The highest BCUT2D eigenvalue weighted by Crippen LogP contribution is 2.22. The summed E-state index contributed by atoms with van der Waals surface area (Å²) in [6.07, 6.45) is -1.37. The number of hydrogen-bond acceptors (Lipinski definition) is 4. The number of carbonyl (C=O) groups is 2. The van der Waals surface area contributed by atoms with Crippen LogP contribution in [-0.2, 0) is 22.6 Å². The first-order valence-electron chi connectivity index (χ1n) is 8.89. The van der Waals surface area contributed by atoms with Crippen molar-refractivity contribution >= 4 is 12.0 Å². The first-order chi connectivity index (χ1) is 12.6. The van der Waals surface area contributed by atoms with E-state index in [2.05, 4.69) is 5.32 Å². The number of benzene rings is 2. The molecule has 1 N–H and O–H groups in total. The summed E-state index contributed by atoms with van der Waals surface area (Å²) in [4.78, 5) is 26.3. The molecule has 2 aromatic carbocycles. The SMILES string of the molecule is CC(C)[C@@H](NCc1ccccc1)[C@H]1OC(=O)N(Cc2ccccc2)C1=O. The first kappa shape index (κ1) is 18.1. The Morgan fingerprint density at radius 2 is 1.54 bits per heavy atom. The van der Waals surface area contributed by atoms with Gasteiger partial charge in [-0.2, -0.15) is 0 Å². The Kier molecular flexibility index (Phi) is 5.68. The fourth-order valence-corrected chi connectivity index (χ4v) is 3.13. The van der Waals surface area contributed by atoms with Gasteiger partial charge in [-0.25, -0.2) is 9.69 Å². The number of ether oxygens (including phenoxy) is 1. The molecule has 1 fully saturated rings. The Hall–Kier alpha value is -2.66. The molecule has 0 radical (unpaired) electrons. The average Bonchev–Trinajstić information content (AvgIpc) is 2.92. The Labute approximate surface area is 154 Å². The number of nitrogens with one attached hydrogen (secondary N) is 1. The van der Waals surface area contributed by atoms with Crippen LogP contribution in [0, 0.1) is 5.92 Å². The van der Waals surface area contributed by atoms with E-state index in [0.29, 0.717) is 6.54 Å². The lowest BCUT2D eigenvalue weighted by atomic mass is 9.97. The zero-order valence-corrected chi connectivity index (χ0v) is 15.1. The van der Waals surface area contributed by atoms with Gasteiger partial charge in [-0.05, 0) is 17.0 Å². The van der Waals surface area contributed by atoms with Gasteiger partial charge >= 0.3 is 6.09 Å². The third-order valence-electron chi connectivity index (χ3n) is 4.57. The maximum atomic E-state index is 12.8. The van der Waals surface area contributed by atoms with E-state index >= 15 is 0 Å². The van der Waals surface area contributed by atoms with Gasteiger partial charge < -0.3 is 10.1 Å². The van der Waals surface area contributed by atoms with Crippen LogP contribution in [0.1, 0.15) is 25.0 Å². The van der Waals surface area contributed by atoms with Crippen molar-refractivity contribution in [2.24, 2.45) is 5.92 Å². The smallest absolute Gasteiger partial charge is 0.417 e. The fourth-order valence-electron chi connectivity index (χ4n) is 3.13. The number of carbonyl (C=O) groups excluding carboxylic acids is 2. The zero-order valence-electron chi connectivity index (χ0n) is 15.1. The molecule has 2 atom stereocenters. The van der Waals surface area contributed by atoms with E-state index in [1.807, 2.05) is 74.5 Å². The minimum atomic E-state index is -0.796. The summed E-state index contributed by atoms with van der Waals surface area (Å²) in [6, 6.07) is 19.2. The molecule has 26 heavy (non-hydrogen) atoms. The molecule has 1 saturated heterocycles. The van der Waals surface area contributed by atoms with Gasteiger partial charge in [0.1, 0.15) is 0 Å². The molecule has 0 saturated carbocycles. The topological polar surface area (TPSA) is 58.6 Å². The van der Waals surface area contributed by atoms with Gasteiger partial charge in [-0.3, -0.25) is 4.79 Å². The number of imide groups is 1. The summed E-state index contributed by atoms with van der Waals surface area (Å²) in [6.45, 7) is 4.88. The maximum absolute atomic E-state index is 12.8. The van der Waals surface area contributed by atoms with Gasteiger partial charge in [0.2, 0.25) is 0 Å². The monoisotopic (exact) mass is 352 g/mol. The van der Waals surface area contributed by atoms with E-state index in [4.69, 9.17) is 4.74 Å². The van der Waals surface area contributed by atoms with Crippen molar-refractivity contribution in [2.75, 3.05) is 0 Å². The summed E-state index contributed by atoms with van der Waals surface area (Å²) >= 11 is 0. The van der Waals surface area contributed by atoms with Crippen molar-refractivity contribution in [1.29, 1.82) is 0 Å². The van der Waals surface area contributed by atoms with Crippen LogP contribution in [0.15, 0.2) is 60.7 Å². The minimum absolute atomic E-state index is 0.136. The van der Waals surface area contributed by atoms with Crippen LogP contribution in [0.25, 0.3) is 0 Å². The summed E-state index contributed by atoms with van der Waals surface area (Å²) in [5.74, 6) is -0.143. The lowest BCUT2D eigenvalue weighted by Crippen LogP contribution is -2.48. The van der Waals surface area contributed by atoms with Gasteiger partial charge in [0, 0.05) is 6.54 Å². The third kappa shape index (κ3) is 4.11. The lowest BCUT2D eigenvalue weighted by molar-refractivity contribution is -0.131. The van der Waals surface area contributed by atoms with Crippen LogP contribution in [0.3, 0.4) is 0 Å². The Morgan fingerprint density at radius 3 is 2.12 bits per heavy atom. The zero-order chi connectivity index (χ0) is 18.5. The number of hydrogen-bond donors (Lipinski definition) is 1. The number of amides is 2. The molecule has 2 aromatic rings. The van der Waals surface area contributed by atoms with E-state index in [1.54, 1.807) is 0 Å². The quantitative estimate of drug-likeness (QED) is 0.830. The van der Waals surface area contributed by atoms with E-state index in [1.165, 1.54) is 4.90 Å². The predicted octanol–water partition coefficient (Wildman–Crippen LogP) is 3.35. The van der Waals surface area contributed by atoms with Crippen LogP contribution in [0.2, 0.25) is 0 Å². The average molecular weight is 352 g/mol. The van der Waals surface area contributed by atoms with Crippen LogP contribution in [0.4, 0.5) is 4.79 Å². The molecule has 0 unspecified atom stereocenters. The highest BCUT2D eigenvalue weighted by atomic mass is 16.6. The fraction of sp³-hybridized carbons (Fsp3) is 0.333. The lowest BCUT2D eigenvalue weighted by Gasteiger charge is -2.25. The van der Waals surface area contributed by atoms with Gasteiger partial charge in [-0.15, -0.1) is 0 Å². The Bertz CT molecular complexity index is 746. The van der Waals surface area contributed by atoms with E-state index < -0.39 is 12.2 Å². The van der Waals surface area contributed by atoms with Crippen molar-refractivity contribution in [2.45, 2.75) is 39.1 Å². The molecule has 1 heterocycles. The van der Waals surface area contributed by atoms with Crippen molar-refractivity contribution in [3.8, 4) is 0 Å². The molecule has 0 aromatic heterocycles. The molecule has 0 aliphatic carbocycles. The molecule has 0 bridgehead atoms. The van der Waals surface area contributed by atoms with Gasteiger partial charge in [-0.1, -0.05) is 74.5 Å². The van der Waals surface area contributed by atoms with Gasteiger partial charge in [0.05, 0.1) is 12.6 Å². The largest absolute Gasteiger partial charge is 0.434 e. The molecular weight excluding hydrogens is 328 g/mol. The molecular formula is C21H24N2O3. The summed E-state index contributed by atoms with van der Waals surface area (Å²) in [7, 11) is 0. The Morgan fingerprint density at radius 1 is 0.962 bits per heavy atom. The van der Waals surface area contributed by atoms with Crippen LogP contribution in [-0.4, -0.2) is 29.0 Å². The van der Waals surface area contributed by atoms with Crippen LogP contribution in [0.5, 0.6) is 0 Å². The molecule has 1 aliphatic heterocycles. The molecule has 5 nitrogen and oxygen atoms in total. The van der Waals surface area contributed by atoms with Crippen LogP contribution < -0.4 is 5.32 Å². The van der Waals surface area contributed by atoms with Gasteiger partial charge in [0.15, 0.2) is 6.10 Å². The van der Waals surface area contributed by atoms with Crippen molar-refractivity contribution in [3.63, 3.8) is 0 Å². The third-order valence-corrected chi connectivity index (χ3v) is 4.57. The van der Waals surface area contributed by atoms with Gasteiger partial charge in [0.25, 0.3) is 5.91 Å².